The lowest BCUT2D eigenvalue weighted by molar-refractivity contribution is -0.132. The average Bonchev–Trinajstić information content (AvgIpc) is 2.90. The zero-order chi connectivity index (χ0) is 15.5. The van der Waals surface area contributed by atoms with Gasteiger partial charge >= 0.3 is 0 Å². The number of hydrogen-bond donors (Lipinski definition) is 2. The summed E-state index contributed by atoms with van der Waals surface area (Å²) >= 11 is 3.47. The summed E-state index contributed by atoms with van der Waals surface area (Å²) in [5.41, 5.74) is 0.835. The molecule has 23 heavy (non-hydrogen) atoms. The van der Waals surface area contributed by atoms with E-state index in [0.29, 0.717) is 13.0 Å². The summed E-state index contributed by atoms with van der Waals surface area (Å²) in [7, 11) is 0. The normalized spacial score (nSPS) is 24.2. The van der Waals surface area contributed by atoms with Gasteiger partial charge in [-0.1, -0.05) is 12.1 Å². The van der Waals surface area contributed by atoms with Crippen molar-refractivity contribution >= 4 is 45.8 Å². The highest BCUT2D eigenvalue weighted by atomic mass is 79.9. The first kappa shape index (κ1) is 18.2. The van der Waals surface area contributed by atoms with Gasteiger partial charge in [0.15, 0.2) is 0 Å². The molecule has 2 amide bonds. The molecule has 2 atom stereocenters. The molecular weight excluding hydrogens is 382 g/mol. The maximum Gasteiger partial charge on any atom is 0.239 e. The van der Waals surface area contributed by atoms with E-state index in [1.165, 1.54) is 0 Å². The van der Waals surface area contributed by atoms with Gasteiger partial charge in [0.05, 0.1) is 5.69 Å². The van der Waals surface area contributed by atoms with E-state index in [-0.39, 0.29) is 30.3 Å². The SMILES string of the molecule is Cl.O=C(N[C@H]1CCCNC1)C1CCN(c2ccccc2Br)C1=O. The van der Waals surface area contributed by atoms with Crippen LogP contribution in [0.2, 0.25) is 0 Å². The first-order valence-electron chi connectivity index (χ1n) is 7.74. The third kappa shape index (κ3) is 4.05. The Hall–Kier alpha value is -1.11. The van der Waals surface area contributed by atoms with Gasteiger partial charge in [-0.3, -0.25) is 9.59 Å². The average molecular weight is 403 g/mol. The molecule has 2 N–H and O–H groups in total. The van der Waals surface area contributed by atoms with Gasteiger partial charge in [0.2, 0.25) is 11.8 Å². The molecule has 0 bridgehead atoms. The number of nitrogens with one attached hydrogen (secondary N) is 2. The fourth-order valence-corrected chi connectivity index (χ4v) is 3.61. The van der Waals surface area contributed by atoms with Crippen molar-refractivity contribution in [3.8, 4) is 0 Å². The summed E-state index contributed by atoms with van der Waals surface area (Å²) in [6.45, 7) is 2.38. The first-order valence-corrected chi connectivity index (χ1v) is 8.53. The molecule has 2 heterocycles. The van der Waals surface area contributed by atoms with Crippen LogP contribution >= 0.6 is 28.3 Å². The Bertz CT molecular complexity index is 578. The number of hydrogen-bond acceptors (Lipinski definition) is 3. The minimum absolute atomic E-state index is 0. The molecule has 2 saturated heterocycles. The molecule has 2 aliphatic heterocycles. The third-order valence-electron chi connectivity index (χ3n) is 4.31. The molecule has 7 heteroatoms. The van der Waals surface area contributed by atoms with Gasteiger partial charge < -0.3 is 15.5 Å². The smallest absolute Gasteiger partial charge is 0.239 e. The predicted molar refractivity (Wildman–Crippen MR) is 95.9 cm³/mol. The van der Waals surface area contributed by atoms with Crippen molar-refractivity contribution in [3.63, 3.8) is 0 Å². The molecule has 3 rings (SSSR count). The van der Waals surface area contributed by atoms with Crippen LogP contribution < -0.4 is 15.5 Å². The lowest BCUT2D eigenvalue weighted by Gasteiger charge is -2.25. The van der Waals surface area contributed by atoms with Gasteiger partial charge in [0.1, 0.15) is 5.92 Å². The Morgan fingerprint density at radius 1 is 1.30 bits per heavy atom. The van der Waals surface area contributed by atoms with Crippen molar-refractivity contribution in [1.82, 2.24) is 10.6 Å². The lowest BCUT2D eigenvalue weighted by atomic mass is 10.0. The summed E-state index contributed by atoms with van der Waals surface area (Å²) in [6.07, 6.45) is 2.62. The lowest BCUT2D eigenvalue weighted by Crippen LogP contribution is -2.48. The number of nitrogens with zero attached hydrogens (tertiary/aromatic N) is 1. The van der Waals surface area contributed by atoms with Gasteiger partial charge in [0, 0.05) is 23.6 Å². The quantitative estimate of drug-likeness (QED) is 0.761. The van der Waals surface area contributed by atoms with Crippen LogP contribution in [-0.4, -0.2) is 37.5 Å². The molecule has 2 fully saturated rings. The van der Waals surface area contributed by atoms with Crippen molar-refractivity contribution < 1.29 is 9.59 Å². The minimum Gasteiger partial charge on any atom is -0.351 e. The number of anilines is 1. The fourth-order valence-electron chi connectivity index (χ4n) is 3.11. The molecule has 5 nitrogen and oxygen atoms in total. The number of amides is 2. The van der Waals surface area contributed by atoms with Gasteiger partial charge in [-0.15, -0.1) is 12.4 Å². The maximum absolute atomic E-state index is 12.6. The van der Waals surface area contributed by atoms with Gasteiger partial charge in [0.25, 0.3) is 0 Å². The van der Waals surface area contributed by atoms with E-state index < -0.39 is 5.92 Å². The van der Waals surface area contributed by atoms with Crippen LogP contribution in [-0.2, 0) is 9.59 Å². The van der Waals surface area contributed by atoms with E-state index >= 15 is 0 Å². The molecule has 126 valence electrons. The van der Waals surface area contributed by atoms with Crippen LogP contribution in [0.25, 0.3) is 0 Å². The van der Waals surface area contributed by atoms with E-state index in [9.17, 15) is 9.59 Å². The van der Waals surface area contributed by atoms with Crippen LogP contribution in [0.3, 0.4) is 0 Å². The number of para-hydroxylation sites is 1. The molecule has 0 radical (unpaired) electrons. The largest absolute Gasteiger partial charge is 0.351 e. The minimum atomic E-state index is -0.561. The number of carbonyl (C=O) groups is 2. The highest BCUT2D eigenvalue weighted by molar-refractivity contribution is 9.10. The van der Waals surface area contributed by atoms with Crippen molar-refractivity contribution in [1.29, 1.82) is 0 Å². The van der Waals surface area contributed by atoms with Gasteiger partial charge in [-0.25, -0.2) is 0 Å². The summed E-state index contributed by atoms with van der Waals surface area (Å²) in [4.78, 5) is 26.7. The number of benzene rings is 1. The fraction of sp³-hybridized carbons (Fsp3) is 0.500. The van der Waals surface area contributed by atoms with Gasteiger partial charge in [-0.2, -0.15) is 0 Å². The molecule has 2 aliphatic rings. The van der Waals surface area contributed by atoms with E-state index in [1.807, 2.05) is 24.3 Å². The van der Waals surface area contributed by atoms with Crippen LogP contribution in [0.15, 0.2) is 28.7 Å². The Balaban J connectivity index is 0.00000192. The Morgan fingerprint density at radius 2 is 2.09 bits per heavy atom. The monoisotopic (exact) mass is 401 g/mol. The molecule has 1 unspecified atom stereocenters. The van der Waals surface area contributed by atoms with Crippen molar-refractivity contribution in [3.05, 3.63) is 28.7 Å². The van der Waals surface area contributed by atoms with E-state index in [4.69, 9.17) is 0 Å². The topological polar surface area (TPSA) is 61.4 Å². The van der Waals surface area contributed by atoms with Crippen LogP contribution in [0, 0.1) is 5.92 Å². The summed E-state index contributed by atoms with van der Waals surface area (Å²) in [5.74, 6) is -0.796. The Labute approximate surface area is 150 Å². The number of halogens is 2. The number of rotatable bonds is 3. The van der Waals surface area contributed by atoms with Crippen LogP contribution in [0.4, 0.5) is 5.69 Å². The Kier molecular flexibility index (Phi) is 6.44. The third-order valence-corrected chi connectivity index (χ3v) is 4.98. The van der Waals surface area contributed by atoms with E-state index in [1.54, 1.807) is 4.90 Å². The molecule has 1 aromatic rings. The second kappa shape index (κ2) is 8.13. The van der Waals surface area contributed by atoms with E-state index in [2.05, 4.69) is 26.6 Å². The molecule has 0 aliphatic carbocycles. The zero-order valence-electron chi connectivity index (χ0n) is 12.8. The van der Waals surface area contributed by atoms with Crippen LogP contribution in [0.5, 0.6) is 0 Å². The summed E-state index contributed by atoms with van der Waals surface area (Å²) < 4.78 is 0.876. The molecule has 0 aromatic heterocycles. The molecule has 0 spiro atoms. The van der Waals surface area contributed by atoms with Gasteiger partial charge in [-0.05, 0) is 53.9 Å². The highest BCUT2D eigenvalue weighted by Gasteiger charge is 2.38. The highest BCUT2D eigenvalue weighted by Crippen LogP contribution is 2.31. The van der Waals surface area contributed by atoms with Crippen molar-refractivity contribution in [2.24, 2.45) is 5.92 Å². The molecule has 1 aromatic carbocycles. The van der Waals surface area contributed by atoms with E-state index in [0.717, 1.165) is 36.1 Å². The maximum atomic E-state index is 12.6. The first-order chi connectivity index (χ1) is 10.7. The molecule has 0 saturated carbocycles. The Morgan fingerprint density at radius 3 is 2.78 bits per heavy atom. The number of carbonyl (C=O) groups excluding carboxylic acids is 2. The predicted octanol–water partition coefficient (Wildman–Crippen LogP) is 2.09. The van der Waals surface area contributed by atoms with Crippen LogP contribution in [0.1, 0.15) is 19.3 Å². The summed E-state index contributed by atoms with van der Waals surface area (Å²) in [5, 5.41) is 6.28. The number of piperidine rings is 1. The second-order valence-corrected chi connectivity index (χ2v) is 6.69. The molecular formula is C16H21BrClN3O2. The van der Waals surface area contributed by atoms with Crippen molar-refractivity contribution in [2.45, 2.75) is 25.3 Å². The zero-order valence-corrected chi connectivity index (χ0v) is 15.2. The standard InChI is InChI=1S/C16H20BrN3O2.ClH/c17-13-5-1-2-6-14(13)20-9-7-12(16(20)22)15(21)19-11-4-3-8-18-10-11;/h1-2,5-6,11-12,18H,3-4,7-10H2,(H,19,21);1H/t11-,12?;/m0./s1. The second-order valence-electron chi connectivity index (χ2n) is 5.83. The van der Waals surface area contributed by atoms with Crippen molar-refractivity contribution in [2.75, 3.05) is 24.5 Å². The summed E-state index contributed by atoms with van der Waals surface area (Å²) in [6, 6.07) is 7.76.